The van der Waals surface area contributed by atoms with Gasteiger partial charge in [-0.1, -0.05) is 0 Å². The van der Waals surface area contributed by atoms with Gasteiger partial charge in [0.15, 0.2) is 0 Å². The van der Waals surface area contributed by atoms with Crippen LogP contribution < -0.4 is 10.2 Å². The Morgan fingerprint density at radius 2 is 1.93 bits per heavy atom. The number of carbonyl (C=O) groups excluding carboxylic acids is 1. The predicted molar refractivity (Wildman–Crippen MR) is 108 cm³/mol. The highest BCUT2D eigenvalue weighted by atomic mass is 19.1. The van der Waals surface area contributed by atoms with E-state index in [1.807, 2.05) is 18.7 Å². The number of amides is 1. The van der Waals surface area contributed by atoms with Crippen molar-refractivity contribution in [2.45, 2.75) is 57.6 Å². The summed E-state index contributed by atoms with van der Waals surface area (Å²) in [5.41, 5.74) is 1.07. The number of anilines is 1. The Morgan fingerprint density at radius 3 is 2.54 bits per heavy atom. The lowest BCUT2D eigenvalue weighted by molar-refractivity contribution is -0.00257. The third kappa shape index (κ3) is 3.83. The van der Waals surface area contributed by atoms with Crippen molar-refractivity contribution >= 4 is 22.5 Å². The van der Waals surface area contributed by atoms with Gasteiger partial charge in [0, 0.05) is 30.7 Å². The lowest BCUT2D eigenvalue weighted by Crippen LogP contribution is -2.41. The van der Waals surface area contributed by atoms with E-state index in [0.29, 0.717) is 22.2 Å². The quantitative estimate of drug-likeness (QED) is 0.843. The fourth-order valence-corrected chi connectivity index (χ4v) is 4.27. The minimum absolute atomic E-state index is 0.104. The van der Waals surface area contributed by atoms with Crippen molar-refractivity contribution in [1.29, 1.82) is 0 Å². The monoisotopic (exact) mass is 385 g/mol. The molecule has 1 amide bonds. The van der Waals surface area contributed by atoms with E-state index in [2.05, 4.69) is 10.3 Å². The summed E-state index contributed by atoms with van der Waals surface area (Å²) in [4.78, 5) is 19.0. The van der Waals surface area contributed by atoms with Crippen molar-refractivity contribution in [3.05, 3.63) is 35.8 Å². The highest BCUT2D eigenvalue weighted by Gasteiger charge is 2.31. The number of nitrogens with one attached hydrogen (secondary N) is 1. The number of fused-ring (bicyclic) bond motifs is 1. The molecule has 2 aromatic rings. The lowest BCUT2D eigenvalue weighted by Gasteiger charge is -2.36. The van der Waals surface area contributed by atoms with Crippen molar-refractivity contribution in [3.63, 3.8) is 0 Å². The molecule has 28 heavy (non-hydrogen) atoms. The second-order valence-electron chi connectivity index (χ2n) is 8.74. The van der Waals surface area contributed by atoms with Gasteiger partial charge in [-0.2, -0.15) is 0 Å². The number of carbonyl (C=O) groups is 1. The first kappa shape index (κ1) is 19.1. The van der Waals surface area contributed by atoms with Crippen LogP contribution in [0.15, 0.2) is 24.4 Å². The number of aliphatic hydroxyl groups is 1. The van der Waals surface area contributed by atoms with Crippen molar-refractivity contribution < 1.29 is 14.3 Å². The maximum atomic E-state index is 14.4. The fourth-order valence-electron chi connectivity index (χ4n) is 4.27. The highest BCUT2D eigenvalue weighted by molar-refractivity contribution is 5.97. The van der Waals surface area contributed by atoms with Crippen LogP contribution in [0.5, 0.6) is 0 Å². The zero-order valence-electron chi connectivity index (χ0n) is 16.5. The predicted octanol–water partition coefficient (Wildman–Crippen LogP) is 3.64. The zero-order chi connectivity index (χ0) is 19.9. The largest absolute Gasteiger partial charge is 0.390 e. The number of hydrogen-bond acceptors (Lipinski definition) is 4. The topological polar surface area (TPSA) is 65.5 Å². The van der Waals surface area contributed by atoms with Crippen LogP contribution in [0.4, 0.5) is 10.1 Å². The molecule has 0 unspecified atom stereocenters. The second-order valence-corrected chi connectivity index (χ2v) is 8.74. The number of halogens is 1. The summed E-state index contributed by atoms with van der Waals surface area (Å²) < 4.78 is 14.4. The Morgan fingerprint density at radius 1 is 1.21 bits per heavy atom. The summed E-state index contributed by atoms with van der Waals surface area (Å²) in [7, 11) is 0. The van der Waals surface area contributed by atoms with Crippen LogP contribution in [-0.2, 0) is 0 Å². The minimum atomic E-state index is -0.670. The zero-order valence-corrected chi connectivity index (χ0v) is 16.5. The molecule has 0 atom stereocenters. The molecule has 1 aromatic carbocycles. The average Bonchev–Trinajstić information content (AvgIpc) is 2.60. The third-order valence-electron chi connectivity index (χ3n) is 6.27. The molecule has 2 fully saturated rings. The van der Waals surface area contributed by atoms with Crippen molar-refractivity contribution in [1.82, 2.24) is 10.3 Å². The number of rotatable bonds is 4. The van der Waals surface area contributed by atoms with Gasteiger partial charge in [0.25, 0.3) is 5.91 Å². The van der Waals surface area contributed by atoms with Crippen molar-refractivity contribution in [2.24, 2.45) is 5.92 Å². The lowest BCUT2D eigenvalue weighted by atomic mass is 9.77. The summed E-state index contributed by atoms with van der Waals surface area (Å²) in [5.74, 6) is -0.170. The van der Waals surface area contributed by atoms with Crippen LogP contribution in [-0.4, -0.2) is 40.7 Å². The van der Waals surface area contributed by atoms with Crippen LogP contribution in [0.25, 0.3) is 10.9 Å². The molecular weight excluding hydrogens is 357 g/mol. The first-order valence-corrected chi connectivity index (χ1v) is 10.2. The van der Waals surface area contributed by atoms with Crippen LogP contribution in [0, 0.1) is 11.7 Å². The molecule has 1 saturated heterocycles. The van der Waals surface area contributed by atoms with Crippen LogP contribution in [0.3, 0.4) is 0 Å². The Bertz CT molecular complexity index is 881. The molecule has 1 aliphatic heterocycles. The number of benzene rings is 1. The molecular formula is C22H28FN3O2. The van der Waals surface area contributed by atoms with Gasteiger partial charge in [0.1, 0.15) is 5.82 Å². The Kier molecular flexibility index (Phi) is 5.00. The molecule has 0 spiro atoms. The fraction of sp³-hybridized carbons (Fsp3) is 0.545. The van der Waals surface area contributed by atoms with Gasteiger partial charge >= 0.3 is 0 Å². The summed E-state index contributed by atoms with van der Waals surface area (Å²) in [6.45, 7) is 5.45. The molecule has 0 bridgehead atoms. The number of hydrogen-bond donors (Lipinski definition) is 2. The maximum Gasteiger partial charge on any atom is 0.253 e. The average molecular weight is 385 g/mol. The van der Waals surface area contributed by atoms with E-state index in [9.17, 15) is 14.3 Å². The van der Waals surface area contributed by atoms with Gasteiger partial charge in [-0.25, -0.2) is 4.39 Å². The van der Waals surface area contributed by atoms with Crippen LogP contribution >= 0.6 is 0 Å². The van der Waals surface area contributed by atoms with Crippen LogP contribution in [0.1, 0.15) is 56.3 Å². The summed E-state index contributed by atoms with van der Waals surface area (Å²) in [6.07, 6.45) is 6.16. The van der Waals surface area contributed by atoms with Gasteiger partial charge in [-0.3, -0.25) is 9.78 Å². The maximum absolute atomic E-state index is 14.4. The number of aromatic nitrogens is 1. The SMILES string of the molecule is CC(C)(O)[C@H]1CC[C@H](NC(=O)c2cnc3cc(N4CCC4)c(F)cc3c2)CC1. The van der Waals surface area contributed by atoms with Gasteiger partial charge in [0.2, 0.25) is 0 Å². The molecule has 150 valence electrons. The molecule has 1 aliphatic carbocycles. The van der Waals surface area contributed by atoms with Gasteiger partial charge in [-0.05, 0) is 70.1 Å². The van der Waals surface area contributed by atoms with Gasteiger partial charge < -0.3 is 15.3 Å². The smallest absolute Gasteiger partial charge is 0.253 e. The number of nitrogens with zero attached hydrogens (tertiary/aromatic N) is 2. The Hall–Kier alpha value is -2.21. The van der Waals surface area contributed by atoms with Gasteiger partial charge in [0.05, 0.1) is 22.4 Å². The number of pyridine rings is 1. The molecule has 2 heterocycles. The molecule has 2 N–H and O–H groups in total. The highest BCUT2D eigenvalue weighted by Crippen LogP contribution is 2.33. The minimum Gasteiger partial charge on any atom is -0.390 e. The summed E-state index contributed by atoms with van der Waals surface area (Å²) in [6, 6.07) is 5.06. The Balaban J connectivity index is 1.44. The molecule has 4 rings (SSSR count). The molecule has 1 aromatic heterocycles. The molecule has 1 saturated carbocycles. The normalized spacial score (nSPS) is 22.8. The first-order chi connectivity index (χ1) is 13.3. The van der Waals surface area contributed by atoms with Crippen LogP contribution in [0.2, 0.25) is 0 Å². The van der Waals surface area contributed by atoms with Crippen molar-refractivity contribution in [3.8, 4) is 0 Å². The van der Waals surface area contributed by atoms with Gasteiger partial charge in [-0.15, -0.1) is 0 Å². The Labute approximate surface area is 164 Å². The molecule has 0 radical (unpaired) electrons. The first-order valence-electron chi connectivity index (χ1n) is 10.2. The van der Waals surface area contributed by atoms with Crippen molar-refractivity contribution in [2.75, 3.05) is 18.0 Å². The molecule has 2 aliphatic rings. The van der Waals surface area contributed by atoms with E-state index in [-0.39, 0.29) is 23.7 Å². The van der Waals surface area contributed by atoms with E-state index in [4.69, 9.17) is 0 Å². The summed E-state index contributed by atoms with van der Waals surface area (Å²) >= 11 is 0. The third-order valence-corrected chi connectivity index (χ3v) is 6.27. The summed E-state index contributed by atoms with van der Waals surface area (Å²) in [5, 5.41) is 13.9. The van der Waals surface area contributed by atoms with E-state index in [0.717, 1.165) is 45.2 Å². The van der Waals surface area contributed by atoms with E-state index < -0.39 is 5.60 Å². The van der Waals surface area contributed by atoms with E-state index in [1.165, 1.54) is 6.07 Å². The molecule has 6 heteroatoms. The standard InChI is InChI=1S/C22H28FN3O2/c1-22(2,28)16-4-6-17(7-5-16)25-21(27)15-10-14-11-18(23)20(26-8-3-9-26)12-19(14)24-13-15/h10-13,16-17,28H,3-9H2,1-2H3,(H,25,27)/t16-,17-. The van der Waals surface area contributed by atoms with E-state index >= 15 is 0 Å². The van der Waals surface area contributed by atoms with E-state index in [1.54, 1.807) is 18.3 Å². The second kappa shape index (κ2) is 7.32. The molecule has 5 nitrogen and oxygen atoms in total.